The van der Waals surface area contributed by atoms with Gasteiger partial charge in [-0.25, -0.2) is 10.4 Å². The van der Waals surface area contributed by atoms with Gasteiger partial charge in [0, 0.05) is 51.0 Å². The highest BCUT2D eigenvalue weighted by atomic mass is 19.4. The average molecular weight is 567 g/mol. The average Bonchev–Trinajstić information content (AvgIpc) is 2.85. The molecular formula is C23H28F6N6O4. The van der Waals surface area contributed by atoms with Crippen LogP contribution in [0.15, 0.2) is 12.3 Å². The molecule has 0 aromatic carbocycles. The number of hydrogen-bond acceptors (Lipinski definition) is 8. The summed E-state index contributed by atoms with van der Waals surface area (Å²) in [6, 6.07) is -0.640. The zero-order chi connectivity index (χ0) is 27.9. The largest absolute Gasteiger partial charge is 0.487 e. The minimum Gasteiger partial charge on any atom is -0.487 e. The Balaban J connectivity index is 1.08. The number of piperazine rings is 1. The molecule has 0 bridgehead atoms. The number of likely N-dealkylation sites (tertiary alicyclic amines) is 1. The molecule has 5 heterocycles. The summed E-state index contributed by atoms with van der Waals surface area (Å²) in [6.45, 7) is 1.76. The van der Waals surface area contributed by atoms with Gasteiger partial charge in [0.05, 0.1) is 31.2 Å². The lowest BCUT2D eigenvalue weighted by atomic mass is 9.89. The number of rotatable bonds is 6. The number of carbonyl (C=O) groups is 2. The summed E-state index contributed by atoms with van der Waals surface area (Å²) in [7, 11) is 0. The number of carbonyl (C=O) groups excluding carboxylic acids is 2. The van der Waals surface area contributed by atoms with Crippen LogP contribution < -0.4 is 20.5 Å². The van der Waals surface area contributed by atoms with E-state index in [0.29, 0.717) is 38.4 Å². The maximum atomic E-state index is 13.5. The summed E-state index contributed by atoms with van der Waals surface area (Å²) < 4.78 is 90.5. The second-order valence-corrected chi connectivity index (χ2v) is 10.0. The molecule has 10 nitrogen and oxygen atoms in total. The number of fused-ring (bicyclic) bond motifs is 3. The summed E-state index contributed by atoms with van der Waals surface area (Å²) in [6.07, 6.45) is -7.72. The number of amides is 2. The van der Waals surface area contributed by atoms with Crippen LogP contribution in [0.25, 0.3) is 0 Å². The van der Waals surface area contributed by atoms with Gasteiger partial charge in [0.1, 0.15) is 6.61 Å². The third-order valence-electron chi connectivity index (χ3n) is 7.63. The lowest BCUT2D eigenvalue weighted by molar-refractivity contribution is -0.208. The Hall–Kier alpha value is -2.85. The van der Waals surface area contributed by atoms with Crippen molar-refractivity contribution in [1.29, 1.82) is 0 Å². The Labute approximate surface area is 219 Å². The first-order valence-corrected chi connectivity index (χ1v) is 12.6. The molecule has 1 aromatic heterocycles. The molecule has 3 fully saturated rings. The molecule has 2 unspecified atom stereocenters. The van der Waals surface area contributed by atoms with Crippen molar-refractivity contribution in [2.75, 3.05) is 57.4 Å². The van der Waals surface area contributed by atoms with Gasteiger partial charge < -0.3 is 19.3 Å². The fourth-order valence-electron chi connectivity index (χ4n) is 5.51. The van der Waals surface area contributed by atoms with Crippen molar-refractivity contribution in [3.8, 4) is 5.75 Å². The quantitative estimate of drug-likeness (QED) is 0.392. The van der Waals surface area contributed by atoms with Gasteiger partial charge in [-0.2, -0.15) is 26.3 Å². The summed E-state index contributed by atoms with van der Waals surface area (Å²) in [4.78, 5) is 33.7. The number of anilines is 1. The number of halogens is 6. The molecule has 0 radical (unpaired) electrons. The van der Waals surface area contributed by atoms with Gasteiger partial charge in [0.25, 0.3) is 0 Å². The van der Waals surface area contributed by atoms with Crippen molar-refractivity contribution in [1.82, 2.24) is 25.6 Å². The van der Waals surface area contributed by atoms with Crippen molar-refractivity contribution in [2.24, 2.45) is 5.92 Å². The van der Waals surface area contributed by atoms with Gasteiger partial charge >= 0.3 is 12.4 Å². The van der Waals surface area contributed by atoms with Gasteiger partial charge in [-0.05, 0) is 12.5 Å². The van der Waals surface area contributed by atoms with Gasteiger partial charge in [-0.3, -0.25) is 19.9 Å². The van der Waals surface area contributed by atoms with Crippen LogP contribution in [0.2, 0.25) is 0 Å². The van der Waals surface area contributed by atoms with Crippen LogP contribution in [-0.2, 0) is 20.5 Å². The molecule has 4 aliphatic rings. The van der Waals surface area contributed by atoms with E-state index < -0.39 is 35.8 Å². The predicted molar refractivity (Wildman–Crippen MR) is 122 cm³/mol. The zero-order valence-electron chi connectivity index (χ0n) is 20.7. The van der Waals surface area contributed by atoms with E-state index in [0.717, 1.165) is 12.3 Å². The maximum Gasteiger partial charge on any atom is 0.418 e. The highest BCUT2D eigenvalue weighted by molar-refractivity contribution is 5.80. The lowest BCUT2D eigenvalue weighted by Gasteiger charge is -2.49. The Kier molecular flexibility index (Phi) is 7.54. The molecule has 16 heteroatoms. The summed E-state index contributed by atoms with van der Waals surface area (Å²) in [5, 5.41) is 0. The highest BCUT2D eigenvalue weighted by Crippen LogP contribution is 2.39. The number of hydrazine groups is 1. The molecule has 4 atom stereocenters. The van der Waals surface area contributed by atoms with Crippen molar-refractivity contribution in [3.63, 3.8) is 0 Å². The topological polar surface area (TPSA) is 99.3 Å². The molecule has 5 rings (SSSR count). The molecule has 1 aromatic rings. The van der Waals surface area contributed by atoms with Crippen LogP contribution in [0, 0.1) is 5.92 Å². The van der Waals surface area contributed by atoms with Gasteiger partial charge in [-0.1, -0.05) is 0 Å². The molecule has 0 spiro atoms. The van der Waals surface area contributed by atoms with E-state index in [1.165, 1.54) is 0 Å². The van der Waals surface area contributed by atoms with Gasteiger partial charge in [0.15, 0.2) is 17.5 Å². The SMILES string of the molecule is O=C1NNCC(N2CC[C@H]2COCCC(=O)N2CCN3c4ncc(C(F)(F)F)cc4OC[C@@H]3C2)C1C(F)(F)F. The number of nitrogens with zero attached hydrogens (tertiary/aromatic N) is 4. The fourth-order valence-corrected chi connectivity index (χ4v) is 5.51. The lowest BCUT2D eigenvalue weighted by Crippen LogP contribution is -2.69. The smallest absolute Gasteiger partial charge is 0.418 e. The molecule has 39 heavy (non-hydrogen) atoms. The van der Waals surface area contributed by atoms with Crippen molar-refractivity contribution in [2.45, 2.75) is 43.3 Å². The van der Waals surface area contributed by atoms with E-state index >= 15 is 0 Å². The number of ether oxygens (including phenoxy) is 2. The monoisotopic (exact) mass is 566 g/mol. The number of aromatic nitrogens is 1. The summed E-state index contributed by atoms with van der Waals surface area (Å²) >= 11 is 0. The minimum atomic E-state index is -4.66. The van der Waals surface area contributed by atoms with Crippen LogP contribution in [0.5, 0.6) is 5.75 Å². The maximum absolute atomic E-state index is 13.5. The van der Waals surface area contributed by atoms with Gasteiger partial charge in [0.2, 0.25) is 11.8 Å². The Bertz CT molecular complexity index is 1090. The fraction of sp³-hybridized carbons (Fsp3) is 0.696. The summed E-state index contributed by atoms with van der Waals surface area (Å²) in [5.74, 6) is -3.02. The molecule has 2 amide bonds. The zero-order valence-corrected chi connectivity index (χ0v) is 20.7. The standard InChI is InChI=1S/C23H28F6N6O4/c24-22(25,26)13-7-17-20(30-8-13)35-5-4-33(10-15(35)12-39-17)18(36)2-6-38-11-14-1-3-34(14)16-9-31-32-21(37)19(16)23(27,28)29/h7-8,14-16,19,31H,1-6,9-12H2,(H,32,37)/t14-,15-,16?,19?/m0/s1. The van der Waals surface area contributed by atoms with Crippen LogP contribution >= 0.6 is 0 Å². The van der Waals surface area contributed by atoms with Crippen LogP contribution in [-0.4, -0.2) is 103 Å². The van der Waals surface area contributed by atoms with Crippen LogP contribution in [0.1, 0.15) is 18.4 Å². The first-order valence-electron chi connectivity index (χ1n) is 12.6. The van der Waals surface area contributed by atoms with Crippen molar-refractivity contribution in [3.05, 3.63) is 17.8 Å². The Morgan fingerprint density at radius 3 is 2.67 bits per heavy atom. The van der Waals surface area contributed by atoms with E-state index in [-0.39, 0.29) is 56.5 Å². The molecule has 3 saturated heterocycles. The summed E-state index contributed by atoms with van der Waals surface area (Å²) in [5.41, 5.74) is 3.67. The first kappa shape index (κ1) is 27.7. The Morgan fingerprint density at radius 1 is 1.18 bits per heavy atom. The van der Waals surface area contributed by atoms with E-state index in [2.05, 4.69) is 10.4 Å². The number of nitrogens with one attached hydrogen (secondary N) is 2. The third-order valence-corrected chi connectivity index (χ3v) is 7.63. The van der Waals surface area contributed by atoms with E-state index in [9.17, 15) is 35.9 Å². The van der Waals surface area contributed by atoms with Crippen LogP contribution in [0.3, 0.4) is 0 Å². The molecular weight excluding hydrogens is 538 g/mol. The van der Waals surface area contributed by atoms with Crippen molar-refractivity contribution >= 4 is 17.6 Å². The molecule has 0 aliphatic carbocycles. The van der Waals surface area contributed by atoms with E-state index in [1.54, 1.807) is 9.80 Å². The van der Waals surface area contributed by atoms with Crippen molar-refractivity contribution < 1.29 is 45.4 Å². The highest BCUT2D eigenvalue weighted by Gasteiger charge is 2.55. The number of hydrogen-bond donors (Lipinski definition) is 2. The van der Waals surface area contributed by atoms with Crippen LogP contribution in [0.4, 0.5) is 32.2 Å². The third kappa shape index (κ3) is 5.72. The number of pyridine rings is 1. The Morgan fingerprint density at radius 2 is 1.97 bits per heavy atom. The molecule has 216 valence electrons. The van der Waals surface area contributed by atoms with E-state index in [4.69, 9.17) is 9.47 Å². The molecule has 4 aliphatic heterocycles. The molecule has 2 N–H and O–H groups in total. The number of alkyl halides is 6. The van der Waals surface area contributed by atoms with E-state index in [1.807, 2.05) is 10.3 Å². The normalized spacial score (nSPS) is 27.7. The minimum absolute atomic E-state index is 0.0365. The second-order valence-electron chi connectivity index (χ2n) is 10.0. The predicted octanol–water partition coefficient (Wildman–Crippen LogP) is 1.17. The molecule has 0 saturated carbocycles. The van der Waals surface area contributed by atoms with Gasteiger partial charge in [-0.15, -0.1) is 0 Å². The second kappa shape index (κ2) is 10.6. The first-order chi connectivity index (χ1) is 18.4.